The second kappa shape index (κ2) is 3.12. The van der Waals surface area contributed by atoms with Gasteiger partial charge in [0.25, 0.3) is 0 Å². The topological polar surface area (TPSA) is 64.3 Å². The van der Waals surface area contributed by atoms with Gasteiger partial charge in [0, 0.05) is 13.6 Å². The molecule has 0 unspecified atom stereocenters. The molecule has 2 saturated heterocycles. The minimum Gasteiger partial charge on any atom is -0.372 e. The number of hydrogen-bond acceptors (Lipinski definition) is 3. The lowest BCUT2D eigenvalue weighted by molar-refractivity contribution is -0.134. The molecule has 5 heteroatoms. The number of nitrogens with one attached hydrogen (secondary N) is 1. The normalized spacial score (nSPS) is 40.5. The first-order chi connectivity index (χ1) is 5.66. The lowest BCUT2D eigenvalue weighted by Gasteiger charge is -2.42. The van der Waals surface area contributed by atoms with E-state index in [1.165, 1.54) is 0 Å². The summed E-state index contributed by atoms with van der Waals surface area (Å²) in [5.74, 6) is 0.101. The van der Waals surface area contributed by atoms with Gasteiger partial charge in [-0.2, -0.15) is 0 Å². The van der Waals surface area contributed by atoms with Crippen molar-refractivity contribution in [1.29, 1.82) is 0 Å². The smallest absolute Gasteiger partial charge is 0.228 e. The van der Waals surface area contributed by atoms with Crippen LogP contribution in [0.15, 0.2) is 0 Å². The summed E-state index contributed by atoms with van der Waals surface area (Å²) >= 11 is 0. The molecule has 1 aliphatic carbocycles. The molecule has 3 aliphatic rings. The van der Waals surface area contributed by atoms with E-state index >= 15 is 0 Å². The van der Waals surface area contributed by atoms with Gasteiger partial charge in [0.15, 0.2) is 0 Å². The van der Waals surface area contributed by atoms with Crippen LogP contribution in [0, 0.1) is 5.41 Å². The van der Waals surface area contributed by atoms with E-state index in [0.29, 0.717) is 13.2 Å². The Kier molecular flexibility index (Phi) is 2.58. The van der Waals surface area contributed by atoms with Crippen molar-refractivity contribution in [2.75, 3.05) is 20.2 Å². The highest BCUT2D eigenvalue weighted by molar-refractivity contribution is 5.85. The minimum absolute atomic E-state index is 0. The summed E-state index contributed by atoms with van der Waals surface area (Å²) < 4.78 is 5.50. The number of amides is 1. The summed E-state index contributed by atoms with van der Waals surface area (Å²) in [5, 5.41) is 2.67. The third-order valence-corrected chi connectivity index (χ3v) is 3.06. The van der Waals surface area contributed by atoms with Gasteiger partial charge in [-0.3, -0.25) is 4.79 Å². The summed E-state index contributed by atoms with van der Waals surface area (Å²) in [6, 6.07) is 0. The fraction of sp³-hybridized carbons (Fsp3) is 0.875. The molecule has 2 heterocycles. The molecule has 4 nitrogen and oxygen atoms in total. The van der Waals surface area contributed by atoms with Crippen LogP contribution in [0.5, 0.6) is 0 Å². The monoisotopic (exact) mass is 206 g/mol. The van der Waals surface area contributed by atoms with E-state index in [1.807, 2.05) is 0 Å². The molecule has 1 amide bonds. The lowest BCUT2D eigenvalue weighted by Crippen LogP contribution is -2.55. The van der Waals surface area contributed by atoms with Crippen LogP contribution >= 0.6 is 12.4 Å². The molecule has 1 saturated carbocycles. The highest BCUT2D eigenvalue weighted by Crippen LogP contribution is 2.57. The molecular weight excluding hydrogens is 192 g/mol. The first kappa shape index (κ1) is 10.8. The van der Waals surface area contributed by atoms with Gasteiger partial charge in [-0.1, -0.05) is 0 Å². The molecule has 3 fully saturated rings. The number of rotatable bonds is 2. The zero-order valence-corrected chi connectivity index (χ0v) is 8.45. The summed E-state index contributed by atoms with van der Waals surface area (Å²) in [5.41, 5.74) is 5.15. The SMILES string of the molecule is CNC(=O)C12COC(CN)(C1)C2.Cl. The summed E-state index contributed by atoms with van der Waals surface area (Å²) in [4.78, 5) is 11.4. The zero-order valence-electron chi connectivity index (χ0n) is 7.63. The van der Waals surface area contributed by atoms with Crippen molar-refractivity contribution in [3.63, 3.8) is 0 Å². The molecule has 0 spiro atoms. The molecule has 0 aromatic carbocycles. The molecular formula is C8H15ClN2O2. The first-order valence-corrected chi connectivity index (χ1v) is 4.23. The predicted octanol–water partition coefficient (Wildman–Crippen LogP) is -0.338. The maximum absolute atomic E-state index is 11.4. The first-order valence-electron chi connectivity index (χ1n) is 4.23. The standard InChI is InChI=1S/C8H14N2O2.ClH/c1-10-6(11)7-2-8(3-7,4-9)12-5-7;/h2-5,9H2,1H3,(H,10,11);1H. The maximum atomic E-state index is 11.4. The molecule has 0 aromatic heterocycles. The van der Waals surface area contributed by atoms with Gasteiger partial charge in [0.1, 0.15) is 0 Å². The Hall–Kier alpha value is -0.320. The largest absolute Gasteiger partial charge is 0.372 e. The number of ether oxygens (including phenoxy) is 1. The van der Waals surface area contributed by atoms with Crippen molar-refractivity contribution in [1.82, 2.24) is 5.32 Å². The van der Waals surface area contributed by atoms with Gasteiger partial charge < -0.3 is 15.8 Å². The average Bonchev–Trinajstić information content (AvgIpc) is 2.57. The van der Waals surface area contributed by atoms with Crippen LogP contribution in [0.2, 0.25) is 0 Å². The van der Waals surface area contributed by atoms with Crippen LogP contribution in [0.25, 0.3) is 0 Å². The van der Waals surface area contributed by atoms with Crippen LogP contribution in [0.3, 0.4) is 0 Å². The van der Waals surface area contributed by atoms with Gasteiger partial charge in [0.2, 0.25) is 5.91 Å². The zero-order chi connectivity index (χ0) is 8.82. The Morgan fingerprint density at radius 1 is 1.62 bits per heavy atom. The van der Waals surface area contributed by atoms with E-state index in [9.17, 15) is 4.79 Å². The van der Waals surface area contributed by atoms with Gasteiger partial charge in [0.05, 0.1) is 17.6 Å². The molecule has 13 heavy (non-hydrogen) atoms. The average molecular weight is 207 g/mol. The Morgan fingerprint density at radius 3 is 2.62 bits per heavy atom. The maximum Gasteiger partial charge on any atom is 0.228 e. The van der Waals surface area contributed by atoms with Crippen LogP contribution in [-0.2, 0) is 9.53 Å². The molecule has 3 N–H and O–H groups in total. The van der Waals surface area contributed by atoms with Crippen LogP contribution in [0.1, 0.15) is 12.8 Å². The molecule has 76 valence electrons. The fourth-order valence-electron chi connectivity index (χ4n) is 2.37. The Labute approximate surface area is 83.6 Å². The van der Waals surface area contributed by atoms with Gasteiger partial charge in [-0.15, -0.1) is 12.4 Å². The highest BCUT2D eigenvalue weighted by Gasteiger charge is 2.65. The number of halogens is 1. The van der Waals surface area contributed by atoms with E-state index < -0.39 is 0 Å². The summed E-state index contributed by atoms with van der Waals surface area (Å²) in [7, 11) is 1.66. The van der Waals surface area contributed by atoms with Crippen LogP contribution in [-0.4, -0.2) is 31.7 Å². The Bertz CT molecular complexity index is 226. The second-order valence-electron chi connectivity index (χ2n) is 3.89. The Balaban J connectivity index is 0.000000845. The van der Waals surface area contributed by atoms with Crippen molar-refractivity contribution in [3.05, 3.63) is 0 Å². The van der Waals surface area contributed by atoms with Crippen LogP contribution < -0.4 is 11.1 Å². The van der Waals surface area contributed by atoms with Gasteiger partial charge in [-0.25, -0.2) is 0 Å². The van der Waals surface area contributed by atoms with Crippen molar-refractivity contribution in [2.24, 2.45) is 11.1 Å². The van der Waals surface area contributed by atoms with E-state index in [-0.39, 0.29) is 29.3 Å². The molecule has 2 bridgehead atoms. The highest BCUT2D eigenvalue weighted by atomic mass is 35.5. The quantitative estimate of drug-likeness (QED) is 0.650. The molecule has 0 atom stereocenters. The van der Waals surface area contributed by atoms with Crippen molar-refractivity contribution in [2.45, 2.75) is 18.4 Å². The second-order valence-corrected chi connectivity index (χ2v) is 3.89. The van der Waals surface area contributed by atoms with Gasteiger partial charge in [-0.05, 0) is 12.8 Å². The van der Waals surface area contributed by atoms with Crippen LogP contribution in [0.4, 0.5) is 0 Å². The third kappa shape index (κ3) is 1.24. The number of carbonyl (C=O) groups excluding carboxylic acids is 1. The minimum atomic E-state index is -0.242. The summed E-state index contributed by atoms with van der Waals surface area (Å²) in [6.45, 7) is 1.08. The Morgan fingerprint density at radius 2 is 2.23 bits per heavy atom. The van der Waals surface area contributed by atoms with E-state index in [0.717, 1.165) is 12.8 Å². The predicted molar refractivity (Wildman–Crippen MR) is 50.7 cm³/mol. The van der Waals surface area contributed by atoms with Gasteiger partial charge >= 0.3 is 0 Å². The van der Waals surface area contributed by atoms with E-state index in [2.05, 4.69) is 5.32 Å². The molecule has 0 aromatic rings. The van der Waals surface area contributed by atoms with Crippen molar-refractivity contribution < 1.29 is 9.53 Å². The number of fused-ring (bicyclic) bond motifs is 1. The molecule has 3 rings (SSSR count). The molecule has 0 radical (unpaired) electrons. The number of carbonyl (C=O) groups is 1. The fourth-order valence-corrected chi connectivity index (χ4v) is 2.37. The van der Waals surface area contributed by atoms with E-state index in [4.69, 9.17) is 10.5 Å². The number of hydrogen-bond donors (Lipinski definition) is 2. The van der Waals surface area contributed by atoms with Crippen molar-refractivity contribution >= 4 is 18.3 Å². The third-order valence-electron chi connectivity index (χ3n) is 3.06. The molecule has 2 aliphatic heterocycles. The van der Waals surface area contributed by atoms with E-state index in [1.54, 1.807) is 7.05 Å². The summed E-state index contributed by atoms with van der Waals surface area (Å²) in [6.07, 6.45) is 1.60. The van der Waals surface area contributed by atoms with Crippen molar-refractivity contribution in [3.8, 4) is 0 Å². The number of nitrogens with two attached hydrogens (primary N) is 1. The lowest BCUT2D eigenvalue weighted by atomic mass is 9.62.